The third kappa shape index (κ3) is 3.56. The molecule has 0 aliphatic carbocycles. The third-order valence-corrected chi connectivity index (χ3v) is 3.37. The molecule has 1 unspecified atom stereocenters. The number of carbonyl (C=O) groups excluding carboxylic acids is 1. The van der Waals surface area contributed by atoms with Crippen molar-refractivity contribution >= 4 is 29.3 Å². The number of carboxylic acid groups (broad SMARTS) is 1. The van der Waals surface area contributed by atoms with Crippen LogP contribution in [-0.4, -0.2) is 54.9 Å². The Hall–Kier alpha value is -1.99. The molecule has 0 spiro atoms. The summed E-state index contributed by atoms with van der Waals surface area (Å²) in [5, 5.41) is 12.1. The molecule has 2 rings (SSSR count). The number of carbonyl (C=O) groups is 2. The number of morpholine rings is 1. The van der Waals surface area contributed by atoms with Crippen molar-refractivity contribution in [1.82, 2.24) is 4.90 Å². The van der Waals surface area contributed by atoms with E-state index in [1.165, 1.54) is 18.1 Å². The number of carboxylic acids is 1. The number of urea groups is 1. The van der Waals surface area contributed by atoms with Gasteiger partial charge >= 0.3 is 12.0 Å². The van der Waals surface area contributed by atoms with E-state index in [1.807, 2.05) is 0 Å². The van der Waals surface area contributed by atoms with Gasteiger partial charge in [0.2, 0.25) is 0 Å². The monoisotopic (exact) mass is 314 g/mol. The van der Waals surface area contributed by atoms with Gasteiger partial charge < -0.3 is 24.8 Å². The third-order valence-electron chi connectivity index (χ3n) is 3.08. The van der Waals surface area contributed by atoms with E-state index in [-0.39, 0.29) is 13.2 Å². The number of rotatable bonds is 3. The van der Waals surface area contributed by atoms with Gasteiger partial charge in [-0.05, 0) is 18.2 Å². The maximum Gasteiger partial charge on any atom is 0.328 e. The highest BCUT2D eigenvalue weighted by atomic mass is 35.5. The fraction of sp³-hybridized carbons (Fsp3) is 0.385. The van der Waals surface area contributed by atoms with Crippen LogP contribution in [0.1, 0.15) is 0 Å². The Kier molecular flexibility index (Phi) is 4.87. The van der Waals surface area contributed by atoms with Crippen LogP contribution < -0.4 is 10.1 Å². The van der Waals surface area contributed by atoms with Crippen LogP contribution in [0, 0.1) is 0 Å². The van der Waals surface area contributed by atoms with E-state index < -0.39 is 18.0 Å². The van der Waals surface area contributed by atoms with E-state index in [4.69, 9.17) is 26.2 Å². The van der Waals surface area contributed by atoms with Gasteiger partial charge in [-0.15, -0.1) is 0 Å². The number of anilines is 1. The summed E-state index contributed by atoms with van der Waals surface area (Å²) in [4.78, 5) is 24.5. The van der Waals surface area contributed by atoms with Crippen molar-refractivity contribution in [3.8, 4) is 5.75 Å². The van der Waals surface area contributed by atoms with Crippen LogP contribution in [0.3, 0.4) is 0 Å². The fourth-order valence-electron chi connectivity index (χ4n) is 1.99. The number of nitrogens with one attached hydrogen (secondary N) is 1. The Labute approximate surface area is 126 Å². The van der Waals surface area contributed by atoms with Crippen LogP contribution in [0.15, 0.2) is 18.2 Å². The predicted molar refractivity (Wildman–Crippen MR) is 76.0 cm³/mol. The second kappa shape index (κ2) is 6.64. The summed E-state index contributed by atoms with van der Waals surface area (Å²) in [5.74, 6) is -0.609. The number of hydrogen-bond acceptors (Lipinski definition) is 4. The molecule has 1 saturated heterocycles. The van der Waals surface area contributed by atoms with Gasteiger partial charge in [0, 0.05) is 12.2 Å². The van der Waals surface area contributed by atoms with Crippen LogP contribution in [0.25, 0.3) is 0 Å². The number of methoxy groups -OCH3 is 1. The lowest BCUT2D eigenvalue weighted by Gasteiger charge is -2.32. The molecule has 114 valence electrons. The molecule has 1 fully saturated rings. The standard InChI is InChI=1S/C13H15ClN2O5/c1-20-11-3-2-8(6-9(11)14)15-13(19)16-4-5-21-7-10(16)12(17)18/h2-3,6,10H,4-5,7H2,1H3,(H,15,19)(H,17,18). The van der Waals surface area contributed by atoms with Gasteiger partial charge in [-0.1, -0.05) is 11.6 Å². The van der Waals surface area contributed by atoms with Crippen LogP contribution in [0.4, 0.5) is 10.5 Å². The fourth-order valence-corrected chi connectivity index (χ4v) is 2.25. The molecule has 2 N–H and O–H groups in total. The summed E-state index contributed by atoms with van der Waals surface area (Å²) in [6.45, 7) is 0.499. The van der Waals surface area contributed by atoms with Crippen molar-refractivity contribution in [3.05, 3.63) is 23.2 Å². The topological polar surface area (TPSA) is 88.1 Å². The molecule has 21 heavy (non-hydrogen) atoms. The normalized spacial score (nSPS) is 18.2. The van der Waals surface area contributed by atoms with Gasteiger partial charge in [-0.3, -0.25) is 0 Å². The number of ether oxygens (including phenoxy) is 2. The zero-order valence-electron chi connectivity index (χ0n) is 11.3. The first-order chi connectivity index (χ1) is 10.0. The molecule has 1 aromatic carbocycles. The van der Waals surface area contributed by atoms with Crippen LogP contribution in [0.5, 0.6) is 5.75 Å². The smallest absolute Gasteiger partial charge is 0.328 e. The Morgan fingerprint density at radius 3 is 2.90 bits per heavy atom. The van der Waals surface area contributed by atoms with Crippen molar-refractivity contribution in [1.29, 1.82) is 0 Å². The Bertz CT molecular complexity index is 551. The molecule has 0 saturated carbocycles. The summed E-state index contributed by atoms with van der Waals surface area (Å²) in [5.41, 5.74) is 0.460. The maximum atomic E-state index is 12.2. The molecule has 0 bridgehead atoms. The minimum absolute atomic E-state index is 0.0217. The van der Waals surface area contributed by atoms with Crippen molar-refractivity contribution in [2.75, 3.05) is 32.2 Å². The highest BCUT2D eigenvalue weighted by Gasteiger charge is 2.32. The highest BCUT2D eigenvalue weighted by molar-refractivity contribution is 6.32. The van der Waals surface area contributed by atoms with Gasteiger partial charge in [-0.2, -0.15) is 0 Å². The average molecular weight is 315 g/mol. The largest absolute Gasteiger partial charge is 0.495 e. The van der Waals surface area contributed by atoms with Gasteiger partial charge in [0.15, 0.2) is 6.04 Å². The number of halogens is 1. The van der Waals surface area contributed by atoms with E-state index in [9.17, 15) is 9.59 Å². The molecular weight excluding hydrogens is 300 g/mol. The number of nitrogens with zero attached hydrogens (tertiary/aromatic N) is 1. The second-order valence-electron chi connectivity index (χ2n) is 4.40. The molecule has 1 aliphatic heterocycles. The molecule has 1 heterocycles. The van der Waals surface area contributed by atoms with Crippen molar-refractivity contribution < 1.29 is 24.2 Å². The molecule has 0 aromatic heterocycles. The molecule has 1 atom stereocenters. The predicted octanol–water partition coefficient (Wildman–Crippen LogP) is 1.67. The number of aliphatic carboxylic acids is 1. The van der Waals surface area contributed by atoms with Crippen LogP contribution in [0.2, 0.25) is 5.02 Å². The molecule has 2 amide bonds. The average Bonchev–Trinajstić information content (AvgIpc) is 2.47. The molecule has 1 aromatic rings. The molecule has 8 heteroatoms. The SMILES string of the molecule is COc1ccc(NC(=O)N2CCOCC2C(=O)O)cc1Cl. The molecule has 7 nitrogen and oxygen atoms in total. The molecule has 1 aliphatic rings. The highest BCUT2D eigenvalue weighted by Crippen LogP contribution is 2.27. The van der Waals surface area contributed by atoms with Gasteiger partial charge in [0.25, 0.3) is 0 Å². The summed E-state index contributed by atoms with van der Waals surface area (Å²) in [7, 11) is 1.49. The minimum atomic E-state index is -1.10. The van der Waals surface area contributed by atoms with Crippen molar-refractivity contribution in [3.63, 3.8) is 0 Å². The number of hydrogen-bond donors (Lipinski definition) is 2. The van der Waals surface area contributed by atoms with E-state index in [1.54, 1.807) is 12.1 Å². The summed E-state index contributed by atoms with van der Waals surface area (Å²) < 4.78 is 10.1. The lowest BCUT2D eigenvalue weighted by Crippen LogP contribution is -2.53. The van der Waals surface area contributed by atoms with Crippen molar-refractivity contribution in [2.45, 2.75) is 6.04 Å². The second-order valence-corrected chi connectivity index (χ2v) is 4.81. The van der Waals surface area contributed by atoms with Crippen molar-refractivity contribution in [2.24, 2.45) is 0 Å². The first-order valence-electron chi connectivity index (χ1n) is 6.24. The maximum absolute atomic E-state index is 12.2. The number of amides is 2. The summed E-state index contributed by atoms with van der Waals surface area (Å²) >= 11 is 5.97. The minimum Gasteiger partial charge on any atom is -0.495 e. The quantitative estimate of drug-likeness (QED) is 0.886. The summed E-state index contributed by atoms with van der Waals surface area (Å²) in [6, 6.07) is 3.28. The lowest BCUT2D eigenvalue weighted by atomic mass is 10.2. The van der Waals surface area contributed by atoms with Gasteiger partial charge in [0.05, 0.1) is 25.3 Å². The Morgan fingerprint density at radius 2 is 2.29 bits per heavy atom. The first kappa shape index (κ1) is 15.4. The molecule has 0 radical (unpaired) electrons. The van der Waals surface area contributed by atoms with Crippen LogP contribution in [-0.2, 0) is 9.53 Å². The van der Waals surface area contributed by atoms with Crippen LogP contribution >= 0.6 is 11.6 Å². The van der Waals surface area contributed by atoms with Gasteiger partial charge in [0.1, 0.15) is 5.75 Å². The van der Waals surface area contributed by atoms with Gasteiger partial charge in [-0.25, -0.2) is 9.59 Å². The lowest BCUT2D eigenvalue weighted by molar-refractivity contribution is -0.147. The van der Waals surface area contributed by atoms with E-state index in [0.717, 1.165) is 0 Å². The van der Waals surface area contributed by atoms with E-state index >= 15 is 0 Å². The van der Waals surface area contributed by atoms with E-state index in [0.29, 0.717) is 23.1 Å². The first-order valence-corrected chi connectivity index (χ1v) is 6.62. The Balaban J connectivity index is 2.09. The number of benzene rings is 1. The zero-order chi connectivity index (χ0) is 15.4. The molecular formula is C13H15ClN2O5. The van der Waals surface area contributed by atoms with E-state index in [2.05, 4.69) is 5.32 Å². The summed E-state index contributed by atoms with van der Waals surface area (Å²) in [6.07, 6.45) is 0. The zero-order valence-corrected chi connectivity index (χ0v) is 12.1. The Morgan fingerprint density at radius 1 is 1.52 bits per heavy atom.